The lowest BCUT2D eigenvalue weighted by atomic mass is 9.90. The summed E-state index contributed by atoms with van der Waals surface area (Å²) in [6, 6.07) is 26.5. The van der Waals surface area contributed by atoms with Crippen LogP contribution in [0.1, 0.15) is 69.3 Å². The van der Waals surface area contributed by atoms with E-state index >= 15 is 4.39 Å². The molecule has 4 amide bonds. The number of halogens is 2. The highest BCUT2D eigenvalue weighted by Crippen LogP contribution is 2.48. The molecule has 4 aromatic carbocycles. The van der Waals surface area contributed by atoms with Crippen molar-refractivity contribution in [2.45, 2.75) is 75.8 Å². The molecule has 5 aromatic rings. The van der Waals surface area contributed by atoms with Gasteiger partial charge in [0, 0.05) is 86.4 Å². The Kier molecular flexibility index (Phi) is 12.6. The summed E-state index contributed by atoms with van der Waals surface area (Å²) in [5, 5.41) is 12.1. The van der Waals surface area contributed by atoms with Crippen LogP contribution in [0, 0.1) is 23.0 Å². The summed E-state index contributed by atoms with van der Waals surface area (Å²) >= 11 is 0. The number of piperazine rings is 1. The number of benzene rings is 4. The van der Waals surface area contributed by atoms with E-state index < -0.39 is 23.0 Å². The number of imide groups is 1. The molecule has 1 aliphatic carbocycles. The largest absolute Gasteiger partial charge is 0.457 e. The van der Waals surface area contributed by atoms with Crippen molar-refractivity contribution in [3.8, 4) is 11.5 Å². The van der Waals surface area contributed by atoms with Gasteiger partial charge in [0.25, 0.3) is 0 Å². The predicted molar refractivity (Wildman–Crippen MR) is 253 cm³/mol. The molecule has 1 aromatic heterocycles. The van der Waals surface area contributed by atoms with Crippen molar-refractivity contribution >= 4 is 57.3 Å². The van der Waals surface area contributed by atoms with E-state index in [1.54, 1.807) is 36.5 Å². The molecule has 13 nitrogen and oxygen atoms in total. The Morgan fingerprint density at radius 3 is 2.13 bits per heavy atom. The lowest BCUT2D eigenvalue weighted by Gasteiger charge is -2.39. The number of fused-ring (bicyclic) bond motifs is 3. The first-order valence-corrected chi connectivity index (χ1v) is 23.7. The number of anilines is 4. The van der Waals surface area contributed by atoms with Gasteiger partial charge in [-0.05, 0) is 148 Å². The molecular formula is C52H56F2N8O5. The van der Waals surface area contributed by atoms with Crippen LogP contribution in [0.15, 0.2) is 97.2 Å². The maximum atomic E-state index is 15.9. The van der Waals surface area contributed by atoms with E-state index in [-0.39, 0.29) is 23.5 Å². The number of carbonyl (C=O) groups excluding carboxylic acids is 4. The minimum atomic E-state index is -1.18. The van der Waals surface area contributed by atoms with Crippen molar-refractivity contribution < 1.29 is 32.7 Å². The number of rotatable bonds is 16. The molecule has 10 rings (SSSR count). The number of hydrogen-bond donors (Lipinski definition) is 4. The lowest BCUT2D eigenvalue weighted by Crippen LogP contribution is -2.49. The molecule has 4 N–H and O–H groups in total. The number of nitrogens with zero attached hydrogens (tertiary/aromatic N) is 4. The van der Waals surface area contributed by atoms with E-state index in [9.17, 15) is 23.6 Å². The van der Waals surface area contributed by atoms with Crippen LogP contribution < -0.4 is 30.9 Å². The van der Waals surface area contributed by atoms with Gasteiger partial charge in [-0.3, -0.25) is 39.3 Å². The number of aromatic nitrogens is 1. The van der Waals surface area contributed by atoms with Crippen LogP contribution in [0.2, 0.25) is 0 Å². The van der Waals surface area contributed by atoms with Crippen LogP contribution in [0.25, 0.3) is 10.9 Å². The van der Waals surface area contributed by atoms with Crippen molar-refractivity contribution in [2.75, 3.05) is 66.7 Å². The average Bonchev–Trinajstić information content (AvgIpc) is 3.94. The summed E-state index contributed by atoms with van der Waals surface area (Å²) in [6.45, 7) is 6.95. The van der Waals surface area contributed by atoms with Crippen LogP contribution in [0.4, 0.5) is 31.5 Å². The molecular weight excluding hydrogens is 855 g/mol. The third kappa shape index (κ3) is 9.84. The third-order valence-electron chi connectivity index (χ3n) is 14.5. The second-order valence-electron chi connectivity index (χ2n) is 18.9. The lowest BCUT2D eigenvalue weighted by molar-refractivity contribution is -0.134. The topological polar surface area (TPSA) is 148 Å². The van der Waals surface area contributed by atoms with Gasteiger partial charge in [-0.15, -0.1) is 0 Å². The van der Waals surface area contributed by atoms with Crippen molar-refractivity contribution in [3.05, 3.63) is 114 Å². The first-order valence-electron chi connectivity index (χ1n) is 23.7. The van der Waals surface area contributed by atoms with Gasteiger partial charge in [-0.2, -0.15) is 0 Å². The summed E-state index contributed by atoms with van der Waals surface area (Å²) in [5.74, 6) is -0.684. The number of amides is 4. The van der Waals surface area contributed by atoms with Gasteiger partial charge in [-0.25, -0.2) is 8.78 Å². The number of unbranched alkanes of at least 4 members (excludes halogenated alkanes) is 1. The molecule has 67 heavy (non-hydrogen) atoms. The molecule has 4 saturated heterocycles. The van der Waals surface area contributed by atoms with Gasteiger partial charge >= 0.3 is 0 Å². The fourth-order valence-corrected chi connectivity index (χ4v) is 10.4. The molecule has 4 aliphatic heterocycles. The van der Waals surface area contributed by atoms with E-state index in [1.165, 1.54) is 36.8 Å². The summed E-state index contributed by atoms with van der Waals surface area (Å²) in [5.41, 5.74) is 2.93. The Morgan fingerprint density at radius 1 is 0.791 bits per heavy atom. The third-order valence-corrected chi connectivity index (χ3v) is 14.5. The summed E-state index contributed by atoms with van der Waals surface area (Å²) in [6.07, 6.45) is 8.92. The first-order chi connectivity index (χ1) is 32.6. The quantitative estimate of drug-likeness (QED) is 0.0436. The van der Waals surface area contributed by atoms with E-state index in [2.05, 4.69) is 41.0 Å². The SMILES string of the molecule is O=C1CCC(c2ccc(NCCCCN3C[C@@H]4C[C@H]3CN4CC3CCN(c4cc5nccc(Oc6ccc(NC(=O)C7(C(=O)Nc8ccc(F)cc8)CC7)cc6)c5cc4F)CC3)cc2)C(=O)N1. The Balaban J connectivity index is 0.652. The number of pyridine rings is 1. The molecule has 348 valence electrons. The zero-order valence-corrected chi connectivity index (χ0v) is 37.4. The molecule has 2 bridgehead atoms. The van der Waals surface area contributed by atoms with Crippen LogP contribution >= 0.6 is 0 Å². The van der Waals surface area contributed by atoms with Crippen molar-refractivity contribution in [2.24, 2.45) is 11.3 Å². The smallest absolute Gasteiger partial charge is 0.240 e. The van der Waals surface area contributed by atoms with E-state index in [1.807, 2.05) is 30.3 Å². The molecule has 1 saturated carbocycles. The van der Waals surface area contributed by atoms with Gasteiger partial charge in [0.05, 0.1) is 17.1 Å². The summed E-state index contributed by atoms with van der Waals surface area (Å²) in [4.78, 5) is 62.0. The minimum Gasteiger partial charge on any atom is -0.457 e. The predicted octanol–water partition coefficient (Wildman–Crippen LogP) is 8.05. The van der Waals surface area contributed by atoms with Crippen LogP contribution in [0.5, 0.6) is 11.5 Å². The highest BCUT2D eigenvalue weighted by molar-refractivity contribution is 6.17. The van der Waals surface area contributed by atoms with Crippen molar-refractivity contribution in [1.82, 2.24) is 20.1 Å². The van der Waals surface area contributed by atoms with E-state index in [0.29, 0.717) is 83.1 Å². The van der Waals surface area contributed by atoms with E-state index in [0.717, 1.165) is 82.7 Å². The van der Waals surface area contributed by atoms with Crippen LogP contribution in [0.3, 0.4) is 0 Å². The van der Waals surface area contributed by atoms with Gasteiger partial charge in [0.2, 0.25) is 23.6 Å². The van der Waals surface area contributed by atoms with Gasteiger partial charge in [0.15, 0.2) is 0 Å². The zero-order chi connectivity index (χ0) is 46.1. The standard InChI is InChI=1S/C52H56F2N8O5/c53-35-5-9-37(10-6-35)57-50(65)52(20-21-52)51(66)58-38-11-13-41(14-12-38)67-47-17-23-56-45-29-46(44(54)28-43(45)47)60-25-18-33(19-26-60)30-62-32-39-27-40(62)31-61(39)24-2-1-22-55-36-7-3-34(4-8-36)42-15-16-48(63)59-49(42)64/h3-14,17,23,28-29,33,39-40,42,55H,1-2,15-16,18-22,24-27,30-32H2,(H,57,65)(H,58,66)(H,59,63,64)/t39-,40-,42?/m0/s1. The molecule has 5 fully saturated rings. The number of ether oxygens (including phenoxy) is 1. The highest BCUT2D eigenvalue weighted by atomic mass is 19.1. The second kappa shape index (κ2) is 19.0. The molecule has 1 unspecified atom stereocenters. The zero-order valence-electron chi connectivity index (χ0n) is 37.4. The normalized spacial score (nSPS) is 21.6. The van der Waals surface area contributed by atoms with Crippen LogP contribution in [-0.2, 0) is 19.2 Å². The Labute approximate surface area is 388 Å². The van der Waals surface area contributed by atoms with E-state index in [4.69, 9.17) is 4.74 Å². The van der Waals surface area contributed by atoms with Gasteiger partial charge in [-0.1, -0.05) is 12.1 Å². The average molecular weight is 911 g/mol. The molecule has 5 aliphatic rings. The number of hydrogen-bond acceptors (Lipinski definition) is 10. The number of piperidine rings is 2. The van der Waals surface area contributed by atoms with Gasteiger partial charge in [0.1, 0.15) is 28.5 Å². The monoisotopic (exact) mass is 910 g/mol. The number of carbonyl (C=O) groups is 4. The van der Waals surface area contributed by atoms with Gasteiger partial charge < -0.3 is 25.6 Å². The molecule has 5 heterocycles. The highest BCUT2D eigenvalue weighted by Gasteiger charge is 2.56. The fourth-order valence-electron chi connectivity index (χ4n) is 10.4. The Hall–Kier alpha value is -6.45. The summed E-state index contributed by atoms with van der Waals surface area (Å²) in [7, 11) is 0. The number of likely N-dealkylation sites (tertiary alicyclic amines) is 2. The summed E-state index contributed by atoms with van der Waals surface area (Å²) < 4.78 is 35.4. The van der Waals surface area contributed by atoms with Crippen LogP contribution in [-0.4, -0.2) is 96.3 Å². The minimum absolute atomic E-state index is 0.192. The molecule has 0 radical (unpaired) electrons. The maximum Gasteiger partial charge on any atom is 0.240 e. The maximum absolute atomic E-state index is 15.9. The van der Waals surface area contributed by atoms with Crippen molar-refractivity contribution in [1.29, 1.82) is 0 Å². The molecule has 15 heteroatoms. The first kappa shape index (κ1) is 44.4. The second-order valence-corrected chi connectivity index (χ2v) is 18.9. The molecule has 3 atom stereocenters. The fraction of sp³-hybridized carbons (Fsp3) is 0.404. The number of nitrogens with one attached hydrogen (secondary N) is 4. The Bertz CT molecular complexity index is 2640. The Morgan fingerprint density at radius 2 is 1.46 bits per heavy atom. The molecule has 0 spiro atoms. The van der Waals surface area contributed by atoms with Crippen molar-refractivity contribution in [3.63, 3.8) is 0 Å².